The summed E-state index contributed by atoms with van der Waals surface area (Å²) in [6.45, 7) is 8.28. The third kappa shape index (κ3) is 7.53. The molecule has 1 N–H and O–H groups in total. The van der Waals surface area contributed by atoms with E-state index >= 15 is 0 Å². The van der Waals surface area contributed by atoms with E-state index in [1.807, 2.05) is 80.1 Å². The van der Waals surface area contributed by atoms with Gasteiger partial charge in [0.25, 0.3) is 0 Å². The summed E-state index contributed by atoms with van der Waals surface area (Å²) in [6, 6.07) is 17.4. The molecule has 0 fully saturated rings. The van der Waals surface area contributed by atoms with E-state index in [9.17, 15) is 5.11 Å². The number of hydrogen-bond acceptors (Lipinski definition) is 7. The Balaban J connectivity index is 1.96. The molecule has 2 aromatic carbocycles. The van der Waals surface area contributed by atoms with Gasteiger partial charge in [0.1, 0.15) is 0 Å². The van der Waals surface area contributed by atoms with Gasteiger partial charge in [0.15, 0.2) is 11.5 Å². The Bertz CT molecular complexity index is 1040. The highest BCUT2D eigenvalue weighted by Gasteiger charge is 2.23. The van der Waals surface area contributed by atoms with Crippen molar-refractivity contribution in [2.45, 2.75) is 39.5 Å². The van der Waals surface area contributed by atoms with Crippen molar-refractivity contribution >= 4 is 0 Å². The van der Waals surface area contributed by atoms with Gasteiger partial charge in [0.05, 0.1) is 49.5 Å². The van der Waals surface area contributed by atoms with Crippen molar-refractivity contribution < 1.29 is 24.1 Å². The van der Waals surface area contributed by atoms with Gasteiger partial charge in [-0.2, -0.15) is 5.10 Å². The van der Waals surface area contributed by atoms with Crippen molar-refractivity contribution in [3.8, 4) is 23.1 Å². The molecule has 190 valence electrons. The fraction of sp³-hybridized carbons (Fsp3) is 0.444. The number of aliphatic hydroxyl groups excluding tert-OH is 1. The fourth-order valence-corrected chi connectivity index (χ4v) is 3.71. The van der Waals surface area contributed by atoms with Crippen LogP contribution in [0.25, 0.3) is 5.69 Å². The predicted molar refractivity (Wildman–Crippen MR) is 136 cm³/mol. The Morgan fingerprint density at radius 1 is 1.00 bits per heavy atom. The monoisotopic (exact) mass is 483 g/mol. The lowest BCUT2D eigenvalue weighted by Gasteiger charge is -2.25. The molecule has 1 heterocycles. The molecule has 0 aliphatic carbocycles. The smallest absolute Gasteiger partial charge is 0.227 e. The summed E-state index contributed by atoms with van der Waals surface area (Å²) < 4.78 is 24.7. The number of aliphatic hydroxyl groups is 1. The predicted octanol–water partition coefficient (Wildman–Crippen LogP) is 4.22. The second-order valence-electron chi connectivity index (χ2n) is 8.63. The summed E-state index contributed by atoms with van der Waals surface area (Å²) in [4.78, 5) is 2.13. The number of ether oxygens (including phenoxy) is 4. The van der Waals surface area contributed by atoms with Crippen molar-refractivity contribution in [2.24, 2.45) is 0 Å². The Hall–Kier alpha value is -2.91. The molecule has 1 aromatic heterocycles. The summed E-state index contributed by atoms with van der Waals surface area (Å²) in [5, 5.41) is 15.4. The van der Waals surface area contributed by atoms with Crippen molar-refractivity contribution in [1.29, 1.82) is 0 Å². The zero-order chi connectivity index (χ0) is 25.2. The molecular formula is C27H37N3O5. The number of benzene rings is 2. The summed E-state index contributed by atoms with van der Waals surface area (Å²) in [7, 11) is 3.29. The topological polar surface area (TPSA) is 78.2 Å². The van der Waals surface area contributed by atoms with E-state index < -0.39 is 6.10 Å². The van der Waals surface area contributed by atoms with Gasteiger partial charge in [-0.05, 0) is 45.0 Å². The second kappa shape index (κ2) is 13.3. The van der Waals surface area contributed by atoms with Crippen LogP contribution in [-0.4, -0.2) is 72.5 Å². The Labute approximate surface area is 208 Å². The minimum Gasteiger partial charge on any atom is -0.493 e. The summed E-state index contributed by atoms with van der Waals surface area (Å²) >= 11 is 0. The first kappa shape index (κ1) is 26.7. The molecule has 0 aliphatic rings. The van der Waals surface area contributed by atoms with E-state index in [2.05, 4.69) is 4.90 Å². The first-order valence-corrected chi connectivity index (χ1v) is 11.9. The summed E-state index contributed by atoms with van der Waals surface area (Å²) in [5.74, 6) is 1.84. The number of hydrogen-bond donors (Lipinski definition) is 1. The van der Waals surface area contributed by atoms with E-state index in [0.29, 0.717) is 43.6 Å². The van der Waals surface area contributed by atoms with Crippen LogP contribution in [0.15, 0.2) is 54.6 Å². The van der Waals surface area contributed by atoms with Crippen molar-refractivity contribution in [1.82, 2.24) is 14.7 Å². The molecule has 8 heteroatoms. The van der Waals surface area contributed by atoms with Gasteiger partial charge in [-0.3, -0.25) is 4.90 Å². The molecule has 0 aliphatic heterocycles. The van der Waals surface area contributed by atoms with Gasteiger partial charge in [0.2, 0.25) is 5.88 Å². The molecule has 1 atom stereocenters. The SMILES string of the molecule is COCCN(Cc1c(C)nn(-c2ccccc2)c1Oc1ccccc1OC)C[C@H](O)COC(C)C. The molecule has 0 amide bonds. The molecule has 0 unspecified atom stereocenters. The molecule has 8 nitrogen and oxygen atoms in total. The normalized spacial score (nSPS) is 12.3. The molecular weight excluding hydrogens is 446 g/mol. The average Bonchev–Trinajstić information content (AvgIpc) is 3.16. The number of nitrogens with zero attached hydrogens (tertiary/aromatic N) is 3. The molecule has 35 heavy (non-hydrogen) atoms. The first-order valence-electron chi connectivity index (χ1n) is 11.9. The average molecular weight is 484 g/mol. The standard InChI is InChI=1S/C27H37N3O5/c1-20(2)34-19-23(31)17-29(15-16-32-4)18-24-21(3)28-30(22-11-7-6-8-12-22)27(24)35-26-14-10-9-13-25(26)33-5/h6-14,20,23,31H,15-19H2,1-5H3/t23-/m0/s1. The molecule has 0 saturated carbocycles. The van der Waals surface area contributed by atoms with Crippen LogP contribution in [0, 0.1) is 6.92 Å². The maximum atomic E-state index is 10.6. The Morgan fingerprint density at radius 3 is 2.34 bits per heavy atom. The van der Waals surface area contributed by atoms with Crippen molar-refractivity contribution in [3.05, 3.63) is 65.9 Å². The fourth-order valence-electron chi connectivity index (χ4n) is 3.71. The highest BCUT2D eigenvalue weighted by atomic mass is 16.5. The lowest BCUT2D eigenvalue weighted by Crippen LogP contribution is -2.37. The second-order valence-corrected chi connectivity index (χ2v) is 8.63. The van der Waals surface area contributed by atoms with Crippen LogP contribution in [0.3, 0.4) is 0 Å². The molecule has 0 saturated heterocycles. The summed E-state index contributed by atoms with van der Waals surface area (Å²) in [5.41, 5.74) is 2.66. The van der Waals surface area contributed by atoms with Crippen LogP contribution in [0.5, 0.6) is 17.4 Å². The molecule has 0 bridgehead atoms. The highest BCUT2D eigenvalue weighted by Crippen LogP contribution is 2.36. The lowest BCUT2D eigenvalue weighted by atomic mass is 10.2. The third-order valence-electron chi connectivity index (χ3n) is 5.50. The highest BCUT2D eigenvalue weighted by molar-refractivity contribution is 5.47. The number of rotatable bonds is 14. The maximum absolute atomic E-state index is 10.6. The zero-order valence-electron chi connectivity index (χ0n) is 21.3. The van der Waals surface area contributed by atoms with E-state index in [1.54, 1.807) is 14.2 Å². The van der Waals surface area contributed by atoms with Gasteiger partial charge < -0.3 is 24.1 Å². The molecule has 3 rings (SSSR count). The number of aromatic nitrogens is 2. The summed E-state index contributed by atoms with van der Waals surface area (Å²) in [6.07, 6.45) is -0.568. The van der Waals surface area contributed by atoms with E-state index in [4.69, 9.17) is 24.0 Å². The minimum atomic E-state index is -0.627. The molecule has 0 radical (unpaired) electrons. The van der Waals surface area contributed by atoms with Gasteiger partial charge in [0, 0.05) is 26.7 Å². The van der Waals surface area contributed by atoms with Gasteiger partial charge in [-0.25, -0.2) is 4.68 Å². The zero-order valence-corrected chi connectivity index (χ0v) is 21.3. The number of aryl methyl sites for hydroxylation is 1. The third-order valence-corrected chi connectivity index (χ3v) is 5.50. The van der Waals surface area contributed by atoms with Crippen LogP contribution in [0.1, 0.15) is 25.1 Å². The molecule has 3 aromatic rings. The van der Waals surface area contributed by atoms with Crippen LogP contribution < -0.4 is 9.47 Å². The Kier molecular flexibility index (Phi) is 10.1. The van der Waals surface area contributed by atoms with Crippen LogP contribution in [0.4, 0.5) is 0 Å². The Morgan fingerprint density at radius 2 is 1.69 bits per heavy atom. The largest absolute Gasteiger partial charge is 0.493 e. The van der Waals surface area contributed by atoms with Gasteiger partial charge >= 0.3 is 0 Å². The van der Waals surface area contributed by atoms with Crippen LogP contribution >= 0.6 is 0 Å². The molecule has 0 spiro atoms. The first-order chi connectivity index (χ1) is 16.9. The quantitative estimate of drug-likeness (QED) is 0.368. The van der Waals surface area contributed by atoms with Crippen LogP contribution in [0.2, 0.25) is 0 Å². The lowest BCUT2D eigenvalue weighted by molar-refractivity contribution is -0.0122. The minimum absolute atomic E-state index is 0.0595. The van der Waals surface area contributed by atoms with E-state index in [1.165, 1.54) is 0 Å². The maximum Gasteiger partial charge on any atom is 0.227 e. The van der Waals surface area contributed by atoms with Crippen LogP contribution in [-0.2, 0) is 16.0 Å². The number of para-hydroxylation sites is 3. The van der Waals surface area contributed by atoms with Crippen molar-refractivity contribution in [2.75, 3.05) is 40.5 Å². The number of methoxy groups -OCH3 is 2. The van der Waals surface area contributed by atoms with Gasteiger partial charge in [-0.1, -0.05) is 30.3 Å². The van der Waals surface area contributed by atoms with Crippen molar-refractivity contribution in [3.63, 3.8) is 0 Å². The van der Waals surface area contributed by atoms with Gasteiger partial charge in [-0.15, -0.1) is 0 Å². The van der Waals surface area contributed by atoms with E-state index in [-0.39, 0.29) is 12.7 Å². The van der Waals surface area contributed by atoms with E-state index in [0.717, 1.165) is 16.9 Å².